The van der Waals surface area contributed by atoms with Crippen molar-refractivity contribution in [2.24, 2.45) is 5.92 Å². The molecule has 0 bridgehead atoms. The van der Waals surface area contributed by atoms with Gasteiger partial charge in [-0.25, -0.2) is 0 Å². The molecule has 1 amide bonds. The molecule has 1 saturated heterocycles. The summed E-state index contributed by atoms with van der Waals surface area (Å²) >= 11 is 0. The first-order valence-corrected chi connectivity index (χ1v) is 6.21. The van der Waals surface area contributed by atoms with E-state index in [9.17, 15) is 4.79 Å². The van der Waals surface area contributed by atoms with Crippen molar-refractivity contribution in [3.05, 3.63) is 0 Å². The number of nitrogens with one attached hydrogen (secondary N) is 1. The molecule has 1 fully saturated rings. The Morgan fingerprint density at radius 2 is 2.19 bits per heavy atom. The third-order valence-corrected chi connectivity index (χ3v) is 3.29. The average Bonchev–Trinajstić information content (AvgIpc) is 2.28. The molecule has 2 atom stereocenters. The molecule has 1 rings (SSSR count). The van der Waals surface area contributed by atoms with Crippen molar-refractivity contribution in [2.45, 2.75) is 46.1 Å². The highest BCUT2D eigenvalue weighted by atomic mass is 35.5. The van der Waals surface area contributed by atoms with Gasteiger partial charge in [0.2, 0.25) is 5.91 Å². The number of carbonyl (C=O) groups excluding carboxylic acids is 1. The van der Waals surface area contributed by atoms with Gasteiger partial charge in [0.25, 0.3) is 0 Å². The minimum absolute atomic E-state index is 0. The monoisotopic (exact) mass is 248 g/mol. The molecule has 0 radical (unpaired) electrons. The average molecular weight is 249 g/mol. The van der Waals surface area contributed by atoms with Gasteiger partial charge in [-0.2, -0.15) is 0 Å². The second-order valence-electron chi connectivity index (χ2n) is 4.49. The first-order valence-electron chi connectivity index (χ1n) is 6.21. The van der Waals surface area contributed by atoms with Crippen LogP contribution in [-0.4, -0.2) is 36.5 Å². The molecule has 96 valence electrons. The van der Waals surface area contributed by atoms with E-state index >= 15 is 0 Å². The van der Waals surface area contributed by atoms with Crippen LogP contribution in [0.4, 0.5) is 0 Å². The van der Waals surface area contributed by atoms with Crippen molar-refractivity contribution in [2.75, 3.05) is 19.6 Å². The molecule has 0 spiro atoms. The minimum atomic E-state index is 0. The molecule has 4 heteroatoms. The lowest BCUT2D eigenvalue weighted by Gasteiger charge is -2.37. The molecule has 0 aromatic heterocycles. The number of nitrogens with zero attached hydrogens (tertiary/aromatic N) is 1. The van der Waals surface area contributed by atoms with Crippen LogP contribution < -0.4 is 5.32 Å². The van der Waals surface area contributed by atoms with Crippen molar-refractivity contribution in [1.82, 2.24) is 10.2 Å². The van der Waals surface area contributed by atoms with Gasteiger partial charge in [-0.3, -0.25) is 4.79 Å². The molecule has 0 aromatic carbocycles. The van der Waals surface area contributed by atoms with E-state index in [4.69, 9.17) is 0 Å². The van der Waals surface area contributed by atoms with E-state index in [1.54, 1.807) is 0 Å². The highest BCUT2D eigenvalue weighted by Crippen LogP contribution is 2.15. The summed E-state index contributed by atoms with van der Waals surface area (Å²) in [5.41, 5.74) is 0. The number of amides is 1. The molecule has 3 nitrogen and oxygen atoms in total. The third kappa shape index (κ3) is 3.95. The molecule has 2 unspecified atom stereocenters. The lowest BCUT2D eigenvalue weighted by Crippen LogP contribution is -2.54. The summed E-state index contributed by atoms with van der Waals surface area (Å²) in [5, 5.41) is 3.37. The number of piperazine rings is 1. The van der Waals surface area contributed by atoms with E-state index < -0.39 is 0 Å². The second kappa shape index (κ2) is 7.91. The lowest BCUT2D eigenvalue weighted by molar-refractivity contribution is -0.138. The van der Waals surface area contributed by atoms with Crippen LogP contribution in [0.3, 0.4) is 0 Å². The predicted molar refractivity (Wildman–Crippen MR) is 70.0 cm³/mol. The summed E-state index contributed by atoms with van der Waals surface area (Å²) < 4.78 is 0. The quantitative estimate of drug-likeness (QED) is 0.826. The van der Waals surface area contributed by atoms with Crippen LogP contribution in [0.25, 0.3) is 0 Å². The van der Waals surface area contributed by atoms with Crippen LogP contribution >= 0.6 is 12.4 Å². The fourth-order valence-corrected chi connectivity index (χ4v) is 2.10. The van der Waals surface area contributed by atoms with Gasteiger partial charge in [0.05, 0.1) is 0 Å². The highest BCUT2D eigenvalue weighted by Gasteiger charge is 2.27. The summed E-state index contributed by atoms with van der Waals surface area (Å²) in [6.07, 6.45) is 3.22. The SMILES string of the molecule is CCCC1CNCCN1C(=O)C(C)CC.Cl. The fourth-order valence-electron chi connectivity index (χ4n) is 2.10. The molecule has 0 aliphatic carbocycles. The smallest absolute Gasteiger partial charge is 0.225 e. The van der Waals surface area contributed by atoms with Crippen LogP contribution in [-0.2, 0) is 4.79 Å². The Balaban J connectivity index is 0.00000225. The second-order valence-corrected chi connectivity index (χ2v) is 4.49. The molecule has 1 heterocycles. The normalized spacial score (nSPS) is 22.4. The Bertz CT molecular complexity index is 209. The highest BCUT2D eigenvalue weighted by molar-refractivity contribution is 5.85. The van der Waals surface area contributed by atoms with Gasteiger partial charge < -0.3 is 10.2 Å². The van der Waals surface area contributed by atoms with Crippen LogP contribution in [0.1, 0.15) is 40.0 Å². The van der Waals surface area contributed by atoms with Crippen molar-refractivity contribution in [1.29, 1.82) is 0 Å². The molecule has 0 saturated carbocycles. The third-order valence-electron chi connectivity index (χ3n) is 3.29. The van der Waals surface area contributed by atoms with E-state index in [-0.39, 0.29) is 18.3 Å². The van der Waals surface area contributed by atoms with Crippen molar-refractivity contribution in [3.63, 3.8) is 0 Å². The van der Waals surface area contributed by atoms with Crippen LogP contribution in [0, 0.1) is 5.92 Å². The largest absolute Gasteiger partial charge is 0.337 e. The summed E-state index contributed by atoms with van der Waals surface area (Å²) in [6, 6.07) is 0.422. The van der Waals surface area contributed by atoms with E-state index in [1.807, 2.05) is 6.92 Å². The van der Waals surface area contributed by atoms with E-state index in [0.29, 0.717) is 11.9 Å². The number of rotatable bonds is 4. The van der Waals surface area contributed by atoms with Crippen molar-refractivity contribution >= 4 is 18.3 Å². The van der Waals surface area contributed by atoms with Gasteiger partial charge in [-0.15, -0.1) is 12.4 Å². The molecule has 1 aliphatic rings. The zero-order valence-electron chi connectivity index (χ0n) is 10.7. The zero-order chi connectivity index (χ0) is 11.3. The summed E-state index contributed by atoms with van der Waals surface area (Å²) in [7, 11) is 0. The maximum atomic E-state index is 12.1. The number of halogens is 1. The Morgan fingerprint density at radius 1 is 1.50 bits per heavy atom. The molecule has 0 aromatic rings. The van der Waals surface area contributed by atoms with Crippen molar-refractivity contribution < 1.29 is 4.79 Å². The van der Waals surface area contributed by atoms with Crippen LogP contribution in [0.15, 0.2) is 0 Å². The maximum absolute atomic E-state index is 12.1. The van der Waals surface area contributed by atoms with E-state index in [1.165, 1.54) is 0 Å². The van der Waals surface area contributed by atoms with Gasteiger partial charge in [-0.05, 0) is 12.8 Å². The predicted octanol–water partition coefficient (Wildman–Crippen LogP) is 2.05. The summed E-state index contributed by atoms with van der Waals surface area (Å²) in [4.78, 5) is 14.2. The van der Waals surface area contributed by atoms with E-state index in [2.05, 4.69) is 24.1 Å². The number of hydrogen-bond donors (Lipinski definition) is 1. The minimum Gasteiger partial charge on any atom is -0.337 e. The molecular formula is C12H25ClN2O. The Kier molecular flexibility index (Phi) is 7.77. The van der Waals surface area contributed by atoms with Crippen LogP contribution in [0.2, 0.25) is 0 Å². The van der Waals surface area contributed by atoms with E-state index in [0.717, 1.165) is 38.9 Å². The Morgan fingerprint density at radius 3 is 2.75 bits per heavy atom. The first-order chi connectivity index (χ1) is 7.20. The van der Waals surface area contributed by atoms with Gasteiger partial charge in [-0.1, -0.05) is 27.2 Å². The number of carbonyl (C=O) groups is 1. The summed E-state index contributed by atoms with van der Waals surface area (Å²) in [6.45, 7) is 9.10. The van der Waals surface area contributed by atoms with Gasteiger partial charge >= 0.3 is 0 Å². The maximum Gasteiger partial charge on any atom is 0.225 e. The number of hydrogen-bond acceptors (Lipinski definition) is 2. The Hall–Kier alpha value is -0.280. The van der Waals surface area contributed by atoms with Gasteiger partial charge in [0, 0.05) is 31.6 Å². The van der Waals surface area contributed by atoms with Crippen LogP contribution in [0.5, 0.6) is 0 Å². The Labute approximate surface area is 105 Å². The van der Waals surface area contributed by atoms with Crippen molar-refractivity contribution in [3.8, 4) is 0 Å². The fraction of sp³-hybridized carbons (Fsp3) is 0.917. The van der Waals surface area contributed by atoms with Gasteiger partial charge in [0.1, 0.15) is 0 Å². The standard InChI is InChI=1S/C12H24N2O.ClH/c1-4-6-11-9-13-7-8-14(11)12(15)10(3)5-2;/h10-11,13H,4-9H2,1-3H3;1H. The first kappa shape index (κ1) is 15.7. The molecule has 16 heavy (non-hydrogen) atoms. The zero-order valence-corrected chi connectivity index (χ0v) is 11.5. The molecule has 1 aliphatic heterocycles. The molecule has 1 N–H and O–H groups in total. The molecular weight excluding hydrogens is 224 g/mol. The van der Waals surface area contributed by atoms with Gasteiger partial charge in [0.15, 0.2) is 0 Å². The summed E-state index contributed by atoms with van der Waals surface area (Å²) in [5.74, 6) is 0.528. The topological polar surface area (TPSA) is 32.3 Å². The lowest BCUT2D eigenvalue weighted by atomic mass is 10.0.